The average molecular weight is 275 g/mol. The van der Waals surface area contributed by atoms with Gasteiger partial charge in [-0.2, -0.15) is 0 Å². The van der Waals surface area contributed by atoms with Crippen molar-refractivity contribution in [3.63, 3.8) is 0 Å². The number of amides is 1. The molecule has 0 spiro atoms. The minimum absolute atomic E-state index is 0.00637. The molecule has 0 radical (unpaired) electrons. The van der Waals surface area contributed by atoms with Gasteiger partial charge in [0.25, 0.3) is 0 Å². The molecule has 1 fully saturated rings. The first-order valence-corrected chi connectivity index (χ1v) is 7.14. The van der Waals surface area contributed by atoms with Crippen LogP contribution in [0.15, 0.2) is 18.2 Å². The number of benzene rings is 1. The molecule has 1 unspecified atom stereocenters. The second-order valence-corrected chi connectivity index (χ2v) is 5.52. The van der Waals surface area contributed by atoms with Crippen LogP contribution in [0.1, 0.15) is 24.4 Å². The maximum absolute atomic E-state index is 11.7. The molecule has 5 nitrogen and oxygen atoms in total. The first-order chi connectivity index (χ1) is 9.69. The van der Waals surface area contributed by atoms with Gasteiger partial charge in [-0.05, 0) is 33.0 Å². The van der Waals surface area contributed by atoms with E-state index in [0.29, 0.717) is 6.61 Å². The number of carbonyl (C=O) groups excluding carboxylic acids is 1. The zero-order chi connectivity index (χ0) is 14.1. The predicted molar refractivity (Wildman–Crippen MR) is 78.0 cm³/mol. The molecule has 2 N–H and O–H groups in total. The molecule has 1 aromatic rings. The summed E-state index contributed by atoms with van der Waals surface area (Å²) in [5, 5.41) is 5.88. The lowest BCUT2D eigenvalue weighted by Crippen LogP contribution is -2.26. The zero-order valence-corrected chi connectivity index (χ0v) is 12.0. The van der Waals surface area contributed by atoms with Gasteiger partial charge in [0.15, 0.2) is 0 Å². The molecule has 1 aliphatic heterocycles. The highest BCUT2D eigenvalue weighted by atomic mass is 16.5. The maximum Gasteiger partial charge on any atom is 0.246 e. The van der Waals surface area contributed by atoms with Crippen LogP contribution < -0.4 is 15.4 Å². The third-order valence-corrected chi connectivity index (χ3v) is 4.03. The standard InChI is InChI=1S/C15H21N3O2/c1-16-14-12-6-5-11(9-13(12)17-15(14)19)20-8-7-18(2)10-3-4-10/h5-6,9-10,14,16H,3-4,7-8H2,1-2H3,(H,17,19). The van der Waals surface area contributed by atoms with E-state index in [-0.39, 0.29) is 11.9 Å². The zero-order valence-electron chi connectivity index (χ0n) is 12.0. The third kappa shape index (κ3) is 2.64. The van der Waals surface area contributed by atoms with Crippen molar-refractivity contribution in [3.05, 3.63) is 23.8 Å². The van der Waals surface area contributed by atoms with Gasteiger partial charge < -0.3 is 20.3 Å². The molecule has 0 aromatic heterocycles. The van der Waals surface area contributed by atoms with Crippen molar-refractivity contribution >= 4 is 11.6 Å². The number of anilines is 1. The first kappa shape index (κ1) is 13.4. The van der Waals surface area contributed by atoms with Crippen molar-refractivity contribution in [1.29, 1.82) is 0 Å². The average Bonchev–Trinajstić information content (AvgIpc) is 3.22. The number of fused-ring (bicyclic) bond motifs is 1. The van der Waals surface area contributed by atoms with Crippen molar-refractivity contribution in [2.24, 2.45) is 0 Å². The fourth-order valence-electron chi connectivity index (χ4n) is 2.62. The Hall–Kier alpha value is -1.59. The Morgan fingerprint density at radius 3 is 2.95 bits per heavy atom. The van der Waals surface area contributed by atoms with Gasteiger partial charge in [0, 0.05) is 29.9 Å². The van der Waals surface area contributed by atoms with Crippen LogP contribution in [0.5, 0.6) is 5.75 Å². The van der Waals surface area contributed by atoms with Gasteiger partial charge >= 0.3 is 0 Å². The molecule has 5 heteroatoms. The molecule has 108 valence electrons. The molecule has 1 saturated carbocycles. The molecular weight excluding hydrogens is 254 g/mol. The number of hydrogen-bond acceptors (Lipinski definition) is 4. The lowest BCUT2D eigenvalue weighted by Gasteiger charge is -2.16. The normalized spacial score (nSPS) is 20.9. The van der Waals surface area contributed by atoms with Gasteiger partial charge in [-0.3, -0.25) is 4.79 Å². The molecule has 1 atom stereocenters. The molecule has 1 amide bonds. The van der Waals surface area contributed by atoms with Crippen LogP contribution in [0.2, 0.25) is 0 Å². The van der Waals surface area contributed by atoms with E-state index in [4.69, 9.17) is 4.74 Å². The molecule has 3 rings (SSSR count). The van der Waals surface area contributed by atoms with Crippen molar-refractivity contribution in [2.75, 3.05) is 32.6 Å². The molecule has 1 aromatic carbocycles. The molecule has 0 bridgehead atoms. The Labute approximate surface area is 119 Å². The highest BCUT2D eigenvalue weighted by molar-refractivity contribution is 6.02. The van der Waals surface area contributed by atoms with Crippen molar-refractivity contribution < 1.29 is 9.53 Å². The largest absolute Gasteiger partial charge is 0.492 e. The number of carbonyl (C=O) groups is 1. The minimum atomic E-state index is -0.250. The van der Waals surface area contributed by atoms with E-state index >= 15 is 0 Å². The van der Waals surface area contributed by atoms with Crippen LogP contribution in [0.4, 0.5) is 5.69 Å². The Morgan fingerprint density at radius 1 is 1.45 bits per heavy atom. The van der Waals surface area contributed by atoms with E-state index in [1.165, 1.54) is 12.8 Å². The lowest BCUT2D eigenvalue weighted by atomic mass is 10.1. The highest BCUT2D eigenvalue weighted by Gasteiger charge is 2.29. The fraction of sp³-hybridized carbons (Fsp3) is 0.533. The van der Waals surface area contributed by atoms with E-state index in [9.17, 15) is 4.79 Å². The van der Waals surface area contributed by atoms with E-state index in [1.807, 2.05) is 18.2 Å². The Balaban J connectivity index is 1.59. The monoisotopic (exact) mass is 275 g/mol. The summed E-state index contributed by atoms with van der Waals surface area (Å²) >= 11 is 0. The smallest absolute Gasteiger partial charge is 0.246 e. The summed E-state index contributed by atoms with van der Waals surface area (Å²) in [6.45, 7) is 1.61. The quantitative estimate of drug-likeness (QED) is 0.823. The van der Waals surface area contributed by atoms with E-state index < -0.39 is 0 Å². The van der Waals surface area contributed by atoms with Crippen LogP contribution in [0, 0.1) is 0 Å². The Bertz CT molecular complexity index is 514. The topological polar surface area (TPSA) is 53.6 Å². The molecule has 1 aliphatic carbocycles. The van der Waals surface area contributed by atoms with Gasteiger partial charge in [0.05, 0.1) is 0 Å². The summed E-state index contributed by atoms with van der Waals surface area (Å²) in [6.07, 6.45) is 2.62. The van der Waals surface area contributed by atoms with Crippen molar-refractivity contribution in [1.82, 2.24) is 10.2 Å². The van der Waals surface area contributed by atoms with Crippen molar-refractivity contribution in [2.45, 2.75) is 24.9 Å². The van der Waals surface area contributed by atoms with Gasteiger partial charge in [-0.25, -0.2) is 0 Å². The fourth-order valence-corrected chi connectivity index (χ4v) is 2.62. The number of likely N-dealkylation sites (N-methyl/N-ethyl adjacent to an activating group) is 2. The maximum atomic E-state index is 11.7. The Morgan fingerprint density at radius 2 is 2.25 bits per heavy atom. The van der Waals surface area contributed by atoms with Crippen LogP contribution in [-0.2, 0) is 4.79 Å². The molecule has 0 saturated heterocycles. The second-order valence-electron chi connectivity index (χ2n) is 5.52. The first-order valence-electron chi connectivity index (χ1n) is 7.14. The van der Waals surface area contributed by atoms with Crippen LogP contribution >= 0.6 is 0 Å². The number of nitrogens with one attached hydrogen (secondary N) is 2. The number of rotatable bonds is 6. The van der Waals surface area contributed by atoms with Gasteiger partial charge in [-0.1, -0.05) is 6.07 Å². The number of ether oxygens (including phenoxy) is 1. The third-order valence-electron chi connectivity index (χ3n) is 4.03. The van der Waals surface area contributed by atoms with E-state index in [0.717, 1.165) is 29.6 Å². The summed E-state index contributed by atoms with van der Waals surface area (Å²) in [5.74, 6) is 0.804. The lowest BCUT2D eigenvalue weighted by molar-refractivity contribution is -0.117. The number of nitrogens with zero attached hydrogens (tertiary/aromatic N) is 1. The minimum Gasteiger partial charge on any atom is -0.492 e. The summed E-state index contributed by atoms with van der Waals surface area (Å²) in [6, 6.07) is 6.30. The molecule has 1 heterocycles. The SMILES string of the molecule is CNC1C(=O)Nc2cc(OCCN(C)C3CC3)ccc21. The van der Waals surface area contributed by atoms with Gasteiger partial charge in [0.2, 0.25) is 5.91 Å². The predicted octanol–water partition coefficient (Wildman–Crippen LogP) is 1.37. The van der Waals surface area contributed by atoms with Gasteiger partial charge in [0.1, 0.15) is 18.4 Å². The van der Waals surface area contributed by atoms with E-state index in [2.05, 4.69) is 22.6 Å². The van der Waals surface area contributed by atoms with Crippen LogP contribution in [-0.4, -0.2) is 44.1 Å². The van der Waals surface area contributed by atoms with Crippen LogP contribution in [0.25, 0.3) is 0 Å². The number of hydrogen-bond donors (Lipinski definition) is 2. The van der Waals surface area contributed by atoms with Crippen molar-refractivity contribution in [3.8, 4) is 5.75 Å². The van der Waals surface area contributed by atoms with Gasteiger partial charge in [-0.15, -0.1) is 0 Å². The summed E-state index contributed by atoms with van der Waals surface area (Å²) in [7, 11) is 3.93. The highest BCUT2D eigenvalue weighted by Crippen LogP contribution is 2.33. The summed E-state index contributed by atoms with van der Waals surface area (Å²) in [4.78, 5) is 14.1. The molecular formula is C15H21N3O2. The summed E-state index contributed by atoms with van der Waals surface area (Å²) < 4.78 is 5.77. The van der Waals surface area contributed by atoms with E-state index in [1.54, 1.807) is 7.05 Å². The van der Waals surface area contributed by atoms with Crippen LogP contribution in [0.3, 0.4) is 0 Å². The Kier molecular flexibility index (Phi) is 3.63. The second kappa shape index (κ2) is 5.42. The molecule has 2 aliphatic rings. The summed E-state index contributed by atoms with van der Waals surface area (Å²) in [5.41, 5.74) is 1.84. The molecule has 20 heavy (non-hydrogen) atoms.